The Morgan fingerprint density at radius 1 is 1.27 bits per heavy atom. The molecule has 0 heterocycles. The standard InChI is InChI=1S/C11H10O4/c12-8-5-9(13)10(11(14)15)7-4-2-1-3-6(7)8/h2,4-5,12-13H,1,3H2,(H,14,15). The summed E-state index contributed by atoms with van der Waals surface area (Å²) in [7, 11) is 0. The van der Waals surface area contributed by atoms with Gasteiger partial charge in [-0.15, -0.1) is 0 Å². The third-order valence-corrected chi connectivity index (χ3v) is 2.49. The predicted octanol–water partition coefficient (Wildman–Crippen LogP) is 1.76. The summed E-state index contributed by atoms with van der Waals surface area (Å²) >= 11 is 0. The van der Waals surface area contributed by atoms with Crippen LogP contribution in [-0.2, 0) is 6.42 Å². The Morgan fingerprint density at radius 3 is 2.67 bits per heavy atom. The first-order valence-electron chi connectivity index (χ1n) is 4.59. The molecule has 78 valence electrons. The fraction of sp³-hybridized carbons (Fsp3) is 0.182. The van der Waals surface area contributed by atoms with Crippen molar-refractivity contribution in [2.75, 3.05) is 0 Å². The second-order valence-electron chi connectivity index (χ2n) is 3.43. The van der Waals surface area contributed by atoms with Crippen LogP contribution in [0.2, 0.25) is 0 Å². The number of benzene rings is 1. The van der Waals surface area contributed by atoms with Crippen LogP contribution in [0.1, 0.15) is 27.9 Å². The van der Waals surface area contributed by atoms with Gasteiger partial charge < -0.3 is 15.3 Å². The molecular formula is C11H10O4. The maximum atomic E-state index is 10.9. The lowest BCUT2D eigenvalue weighted by Gasteiger charge is -2.15. The van der Waals surface area contributed by atoms with Gasteiger partial charge in [0, 0.05) is 11.6 Å². The number of carboxylic acid groups (broad SMARTS) is 1. The van der Waals surface area contributed by atoms with E-state index in [2.05, 4.69) is 0 Å². The Labute approximate surface area is 86.1 Å². The van der Waals surface area contributed by atoms with Crippen molar-refractivity contribution in [3.8, 4) is 11.5 Å². The molecule has 0 fully saturated rings. The number of carboxylic acids is 1. The van der Waals surface area contributed by atoms with Gasteiger partial charge in [0.2, 0.25) is 0 Å². The van der Waals surface area contributed by atoms with E-state index in [1.807, 2.05) is 6.08 Å². The summed E-state index contributed by atoms with van der Waals surface area (Å²) in [4.78, 5) is 10.9. The van der Waals surface area contributed by atoms with E-state index in [0.29, 0.717) is 17.5 Å². The maximum absolute atomic E-state index is 10.9. The highest BCUT2D eigenvalue weighted by molar-refractivity contribution is 5.96. The van der Waals surface area contributed by atoms with Crippen molar-refractivity contribution >= 4 is 12.0 Å². The van der Waals surface area contributed by atoms with Gasteiger partial charge in [-0.2, -0.15) is 0 Å². The Kier molecular flexibility index (Phi) is 2.11. The predicted molar refractivity (Wildman–Crippen MR) is 54.1 cm³/mol. The van der Waals surface area contributed by atoms with E-state index in [4.69, 9.17) is 5.11 Å². The van der Waals surface area contributed by atoms with Gasteiger partial charge in [-0.25, -0.2) is 4.79 Å². The summed E-state index contributed by atoms with van der Waals surface area (Å²) in [5.41, 5.74) is 0.859. The van der Waals surface area contributed by atoms with Crippen LogP contribution in [0.15, 0.2) is 12.1 Å². The SMILES string of the molecule is O=C(O)c1c(O)cc(O)c2c1C=CCC2. The van der Waals surface area contributed by atoms with Gasteiger partial charge in [0.25, 0.3) is 0 Å². The fourth-order valence-electron chi connectivity index (χ4n) is 1.82. The van der Waals surface area contributed by atoms with Crippen molar-refractivity contribution < 1.29 is 20.1 Å². The average Bonchev–Trinajstić information content (AvgIpc) is 2.17. The zero-order valence-electron chi connectivity index (χ0n) is 7.90. The molecule has 0 unspecified atom stereocenters. The van der Waals surface area contributed by atoms with Crippen LogP contribution in [0.4, 0.5) is 0 Å². The Balaban J connectivity index is 2.76. The van der Waals surface area contributed by atoms with E-state index in [9.17, 15) is 15.0 Å². The molecule has 4 nitrogen and oxygen atoms in total. The van der Waals surface area contributed by atoms with Gasteiger partial charge >= 0.3 is 5.97 Å². The number of phenolic OH excluding ortho intramolecular Hbond substituents is 1. The van der Waals surface area contributed by atoms with Crippen LogP contribution in [0.5, 0.6) is 11.5 Å². The number of rotatable bonds is 1. The van der Waals surface area contributed by atoms with Crippen molar-refractivity contribution in [3.63, 3.8) is 0 Å². The minimum atomic E-state index is -1.18. The molecule has 0 radical (unpaired) electrons. The van der Waals surface area contributed by atoms with Crippen molar-refractivity contribution in [3.05, 3.63) is 28.8 Å². The zero-order valence-corrected chi connectivity index (χ0v) is 7.90. The molecular weight excluding hydrogens is 196 g/mol. The molecule has 0 atom stereocenters. The van der Waals surface area contributed by atoms with Gasteiger partial charge in [-0.1, -0.05) is 12.2 Å². The summed E-state index contributed by atoms with van der Waals surface area (Å²) in [5.74, 6) is -1.63. The van der Waals surface area contributed by atoms with E-state index >= 15 is 0 Å². The number of aromatic hydroxyl groups is 2. The van der Waals surface area contributed by atoms with Gasteiger partial charge in [0.15, 0.2) is 0 Å². The molecule has 0 saturated carbocycles. The Morgan fingerprint density at radius 2 is 2.00 bits per heavy atom. The molecule has 1 aromatic rings. The number of carbonyl (C=O) groups is 1. The highest BCUT2D eigenvalue weighted by atomic mass is 16.4. The molecule has 1 aliphatic rings. The van der Waals surface area contributed by atoms with E-state index < -0.39 is 11.7 Å². The zero-order chi connectivity index (χ0) is 11.0. The molecule has 1 aliphatic carbocycles. The third kappa shape index (κ3) is 1.44. The number of allylic oxidation sites excluding steroid dienone is 1. The second kappa shape index (κ2) is 3.31. The highest BCUT2D eigenvalue weighted by Crippen LogP contribution is 2.36. The molecule has 0 spiro atoms. The lowest BCUT2D eigenvalue weighted by atomic mass is 9.91. The summed E-state index contributed by atoms with van der Waals surface area (Å²) in [5, 5.41) is 27.9. The molecule has 0 amide bonds. The number of aromatic carboxylic acids is 1. The molecule has 4 heteroatoms. The van der Waals surface area contributed by atoms with Crippen molar-refractivity contribution in [2.45, 2.75) is 12.8 Å². The number of hydrogen-bond acceptors (Lipinski definition) is 3. The smallest absolute Gasteiger partial charge is 0.340 e. The summed E-state index contributed by atoms with van der Waals surface area (Å²) in [6.07, 6.45) is 4.82. The lowest BCUT2D eigenvalue weighted by molar-refractivity contribution is 0.0693. The molecule has 15 heavy (non-hydrogen) atoms. The first-order chi connectivity index (χ1) is 7.11. The van der Waals surface area contributed by atoms with Crippen LogP contribution in [0.25, 0.3) is 6.08 Å². The minimum Gasteiger partial charge on any atom is -0.508 e. The molecule has 3 N–H and O–H groups in total. The average molecular weight is 206 g/mol. The second-order valence-corrected chi connectivity index (χ2v) is 3.43. The summed E-state index contributed by atoms with van der Waals surface area (Å²) in [6.45, 7) is 0. The van der Waals surface area contributed by atoms with Gasteiger partial charge in [-0.05, 0) is 18.4 Å². The first-order valence-corrected chi connectivity index (χ1v) is 4.59. The lowest BCUT2D eigenvalue weighted by Crippen LogP contribution is -2.05. The minimum absolute atomic E-state index is 0.0446. The van der Waals surface area contributed by atoms with Gasteiger partial charge in [0.05, 0.1) is 0 Å². The Bertz CT molecular complexity index is 460. The monoisotopic (exact) mass is 206 g/mol. The molecule has 1 aromatic carbocycles. The fourth-order valence-corrected chi connectivity index (χ4v) is 1.82. The first kappa shape index (κ1) is 9.58. The molecule has 0 saturated heterocycles. The van der Waals surface area contributed by atoms with E-state index in [0.717, 1.165) is 12.5 Å². The molecule has 0 aliphatic heterocycles. The highest BCUT2D eigenvalue weighted by Gasteiger charge is 2.21. The van der Waals surface area contributed by atoms with Crippen molar-refractivity contribution in [2.24, 2.45) is 0 Å². The van der Waals surface area contributed by atoms with E-state index in [-0.39, 0.29) is 11.3 Å². The molecule has 0 bridgehead atoms. The normalized spacial score (nSPS) is 13.6. The third-order valence-electron chi connectivity index (χ3n) is 2.49. The summed E-state index contributed by atoms with van der Waals surface area (Å²) < 4.78 is 0. The van der Waals surface area contributed by atoms with Gasteiger partial charge in [-0.3, -0.25) is 0 Å². The van der Waals surface area contributed by atoms with Crippen molar-refractivity contribution in [1.82, 2.24) is 0 Å². The van der Waals surface area contributed by atoms with Crippen molar-refractivity contribution in [1.29, 1.82) is 0 Å². The summed E-state index contributed by atoms with van der Waals surface area (Å²) in [6, 6.07) is 1.08. The van der Waals surface area contributed by atoms with Gasteiger partial charge in [0.1, 0.15) is 17.1 Å². The van der Waals surface area contributed by atoms with Crippen LogP contribution >= 0.6 is 0 Å². The molecule has 2 rings (SSSR count). The number of hydrogen-bond donors (Lipinski definition) is 3. The Hall–Kier alpha value is -1.97. The van der Waals surface area contributed by atoms with E-state index in [1.54, 1.807) is 6.08 Å². The van der Waals surface area contributed by atoms with Crippen LogP contribution < -0.4 is 0 Å². The quantitative estimate of drug-likeness (QED) is 0.654. The maximum Gasteiger partial charge on any atom is 0.340 e. The van der Waals surface area contributed by atoms with Crippen LogP contribution in [0, 0.1) is 0 Å². The largest absolute Gasteiger partial charge is 0.508 e. The topological polar surface area (TPSA) is 77.8 Å². The van der Waals surface area contributed by atoms with E-state index in [1.165, 1.54) is 0 Å². The number of phenols is 2. The van der Waals surface area contributed by atoms with Crippen LogP contribution in [0.3, 0.4) is 0 Å². The van der Waals surface area contributed by atoms with Crippen LogP contribution in [-0.4, -0.2) is 21.3 Å². The molecule has 0 aromatic heterocycles. The number of fused-ring (bicyclic) bond motifs is 1.